The van der Waals surface area contributed by atoms with E-state index in [2.05, 4.69) is 15.9 Å². The fourth-order valence-corrected chi connectivity index (χ4v) is 4.74. The van der Waals surface area contributed by atoms with Gasteiger partial charge in [-0.25, -0.2) is 0 Å². The van der Waals surface area contributed by atoms with Crippen LogP contribution < -0.4 is 19.8 Å². The molecule has 1 aromatic heterocycles. The Labute approximate surface area is 203 Å². The maximum absolute atomic E-state index is 13.7. The maximum Gasteiger partial charge on any atom is 0.295 e. The van der Waals surface area contributed by atoms with Crippen LogP contribution in [0.25, 0.3) is 11.0 Å². The second kappa shape index (κ2) is 8.53. The maximum atomic E-state index is 13.7. The molecule has 2 heterocycles. The van der Waals surface area contributed by atoms with Crippen molar-refractivity contribution in [3.63, 3.8) is 0 Å². The first-order chi connectivity index (χ1) is 16.4. The van der Waals surface area contributed by atoms with E-state index < -0.39 is 11.9 Å². The second-order valence-corrected chi connectivity index (χ2v) is 8.58. The van der Waals surface area contributed by atoms with Crippen LogP contribution in [0.15, 0.2) is 74.3 Å². The molecule has 0 spiro atoms. The summed E-state index contributed by atoms with van der Waals surface area (Å²) in [5.41, 5.74) is 1.43. The molecule has 7 nitrogen and oxygen atoms in total. The Bertz CT molecular complexity index is 1480. The minimum atomic E-state index is -0.799. The number of benzene rings is 3. The lowest BCUT2D eigenvalue weighted by atomic mass is 9.97. The number of hydrogen-bond acceptors (Lipinski definition) is 6. The van der Waals surface area contributed by atoms with E-state index in [0.29, 0.717) is 39.0 Å². The number of phenolic OH excluding ortho intramolecular Hbond substituents is 1. The third-order valence-electron chi connectivity index (χ3n) is 5.79. The molecule has 0 aliphatic carbocycles. The van der Waals surface area contributed by atoms with Crippen molar-refractivity contribution in [3.05, 3.63) is 92.2 Å². The van der Waals surface area contributed by atoms with Gasteiger partial charge >= 0.3 is 0 Å². The molecular formula is C26H20BrNO6. The van der Waals surface area contributed by atoms with Crippen molar-refractivity contribution in [2.75, 3.05) is 18.6 Å². The predicted molar refractivity (Wildman–Crippen MR) is 131 cm³/mol. The number of phenols is 1. The average molecular weight is 522 g/mol. The second-order valence-electron chi connectivity index (χ2n) is 7.73. The zero-order chi connectivity index (χ0) is 24.0. The number of amides is 1. The molecule has 172 valence electrons. The number of halogens is 1. The number of hydrogen-bond donors (Lipinski definition) is 1. The predicted octanol–water partition coefficient (Wildman–Crippen LogP) is 5.42. The number of carbonyl (C=O) groups excluding carboxylic acids is 1. The van der Waals surface area contributed by atoms with Crippen LogP contribution in [0.4, 0.5) is 5.69 Å². The molecule has 4 aromatic rings. The highest BCUT2D eigenvalue weighted by Crippen LogP contribution is 2.45. The Morgan fingerprint density at radius 3 is 2.53 bits per heavy atom. The molecule has 8 heteroatoms. The number of carbonyl (C=O) groups is 1. The Kier molecular flexibility index (Phi) is 5.53. The summed E-state index contributed by atoms with van der Waals surface area (Å²) in [6.45, 7) is 2.41. The number of anilines is 1. The largest absolute Gasteiger partial charge is 0.503 e. The van der Waals surface area contributed by atoms with Crippen LogP contribution in [0, 0.1) is 0 Å². The van der Waals surface area contributed by atoms with E-state index in [1.54, 1.807) is 60.7 Å². The normalized spacial score (nSPS) is 15.0. The first-order valence-electron chi connectivity index (χ1n) is 10.6. The van der Waals surface area contributed by atoms with Gasteiger partial charge in [-0.3, -0.25) is 14.5 Å². The summed E-state index contributed by atoms with van der Waals surface area (Å²) in [7, 11) is 1.44. The summed E-state index contributed by atoms with van der Waals surface area (Å²) in [6, 6.07) is 16.4. The summed E-state index contributed by atoms with van der Waals surface area (Å²) >= 11 is 3.35. The van der Waals surface area contributed by atoms with E-state index in [4.69, 9.17) is 13.9 Å². The fourth-order valence-electron chi connectivity index (χ4n) is 4.28. The van der Waals surface area contributed by atoms with Crippen LogP contribution >= 0.6 is 15.9 Å². The highest BCUT2D eigenvalue weighted by atomic mass is 79.9. The Morgan fingerprint density at radius 1 is 1.09 bits per heavy atom. The van der Waals surface area contributed by atoms with Crippen LogP contribution in [0.1, 0.15) is 34.6 Å². The van der Waals surface area contributed by atoms with E-state index >= 15 is 0 Å². The summed E-state index contributed by atoms with van der Waals surface area (Å²) in [6.07, 6.45) is 0. The van der Waals surface area contributed by atoms with E-state index in [-0.39, 0.29) is 28.3 Å². The number of ether oxygens (including phenoxy) is 2. The van der Waals surface area contributed by atoms with Gasteiger partial charge in [0.25, 0.3) is 5.91 Å². The monoisotopic (exact) mass is 521 g/mol. The van der Waals surface area contributed by atoms with Gasteiger partial charge in [-0.05, 0) is 76.9 Å². The summed E-state index contributed by atoms with van der Waals surface area (Å²) < 4.78 is 17.2. The fraction of sp³-hybridized carbons (Fsp3) is 0.154. The number of para-hydroxylation sites is 1. The first kappa shape index (κ1) is 22.0. The Hall–Kier alpha value is -3.78. The lowest BCUT2D eigenvalue weighted by molar-refractivity contribution is 0.0971. The van der Waals surface area contributed by atoms with Crippen LogP contribution in [0.5, 0.6) is 17.2 Å². The average Bonchev–Trinajstić information content (AvgIpc) is 3.14. The molecule has 0 radical (unpaired) electrons. The SMILES string of the molecule is CCOc1ccc(N2C(=O)c3oc4ccccc4c(=O)c3C2c2cc(Br)c(O)c(OC)c2)cc1. The quantitative estimate of drug-likeness (QED) is 0.377. The lowest BCUT2D eigenvalue weighted by Crippen LogP contribution is -2.29. The number of nitrogens with zero attached hydrogens (tertiary/aromatic N) is 1. The van der Waals surface area contributed by atoms with Crippen molar-refractivity contribution in [2.45, 2.75) is 13.0 Å². The number of methoxy groups -OCH3 is 1. The molecule has 34 heavy (non-hydrogen) atoms. The molecule has 0 bridgehead atoms. The molecule has 0 saturated heterocycles. The molecule has 0 saturated carbocycles. The summed E-state index contributed by atoms with van der Waals surface area (Å²) in [5, 5.41) is 10.7. The molecule has 1 aliphatic rings. The van der Waals surface area contributed by atoms with Crippen molar-refractivity contribution in [1.29, 1.82) is 0 Å². The van der Waals surface area contributed by atoms with E-state index in [0.717, 1.165) is 0 Å². The molecule has 3 aromatic carbocycles. The van der Waals surface area contributed by atoms with Crippen molar-refractivity contribution >= 4 is 38.5 Å². The zero-order valence-corrected chi connectivity index (χ0v) is 20.0. The molecule has 1 aliphatic heterocycles. The van der Waals surface area contributed by atoms with Crippen LogP contribution in [0.3, 0.4) is 0 Å². The van der Waals surface area contributed by atoms with Crippen molar-refractivity contribution in [1.82, 2.24) is 0 Å². The van der Waals surface area contributed by atoms with Gasteiger partial charge in [0.1, 0.15) is 11.3 Å². The van der Waals surface area contributed by atoms with Crippen LogP contribution in [0.2, 0.25) is 0 Å². The molecule has 5 rings (SSSR count). The smallest absolute Gasteiger partial charge is 0.295 e. The van der Waals surface area contributed by atoms with E-state index in [1.807, 2.05) is 6.92 Å². The van der Waals surface area contributed by atoms with Crippen molar-refractivity contribution in [2.24, 2.45) is 0 Å². The van der Waals surface area contributed by atoms with Gasteiger partial charge in [0, 0.05) is 5.69 Å². The van der Waals surface area contributed by atoms with Crippen molar-refractivity contribution in [3.8, 4) is 17.2 Å². The van der Waals surface area contributed by atoms with Gasteiger partial charge in [-0.15, -0.1) is 0 Å². The topological polar surface area (TPSA) is 89.2 Å². The first-order valence-corrected chi connectivity index (χ1v) is 11.4. The molecule has 1 amide bonds. The Morgan fingerprint density at radius 2 is 1.82 bits per heavy atom. The number of rotatable bonds is 5. The van der Waals surface area contributed by atoms with Crippen molar-refractivity contribution < 1.29 is 23.8 Å². The van der Waals surface area contributed by atoms with Crippen LogP contribution in [-0.4, -0.2) is 24.7 Å². The molecule has 1 N–H and O–H groups in total. The van der Waals surface area contributed by atoms with Gasteiger partial charge in [-0.2, -0.15) is 0 Å². The third-order valence-corrected chi connectivity index (χ3v) is 6.39. The summed E-state index contributed by atoms with van der Waals surface area (Å²) in [5.74, 6) is 0.359. The number of aromatic hydroxyl groups is 1. The molecule has 1 unspecified atom stereocenters. The van der Waals surface area contributed by atoms with Crippen LogP contribution in [-0.2, 0) is 0 Å². The minimum Gasteiger partial charge on any atom is -0.503 e. The van der Waals surface area contributed by atoms with E-state index in [9.17, 15) is 14.7 Å². The number of fused-ring (bicyclic) bond motifs is 2. The van der Waals surface area contributed by atoms with Gasteiger partial charge in [0.05, 0.1) is 35.2 Å². The lowest BCUT2D eigenvalue weighted by Gasteiger charge is -2.26. The highest BCUT2D eigenvalue weighted by Gasteiger charge is 2.44. The van der Waals surface area contributed by atoms with Gasteiger partial charge in [-0.1, -0.05) is 12.1 Å². The zero-order valence-electron chi connectivity index (χ0n) is 18.4. The van der Waals surface area contributed by atoms with Gasteiger partial charge in [0.2, 0.25) is 5.76 Å². The molecular weight excluding hydrogens is 502 g/mol. The van der Waals surface area contributed by atoms with E-state index in [1.165, 1.54) is 12.0 Å². The van der Waals surface area contributed by atoms with Gasteiger partial charge in [0.15, 0.2) is 16.9 Å². The minimum absolute atomic E-state index is 0.00857. The van der Waals surface area contributed by atoms with Gasteiger partial charge < -0.3 is 19.0 Å². The molecule has 1 atom stereocenters. The Balaban J connectivity index is 1.77. The highest BCUT2D eigenvalue weighted by molar-refractivity contribution is 9.10. The third kappa shape index (κ3) is 3.42. The standard InChI is InChI=1S/C26H20BrNO6/c1-3-33-16-10-8-15(9-11-16)28-22(14-12-18(27)24(30)20(13-14)32-2)21-23(29)17-6-4-5-7-19(17)34-25(21)26(28)31/h4-13,22,30H,3H2,1-2H3. The summed E-state index contributed by atoms with van der Waals surface area (Å²) in [4.78, 5) is 28.8. The molecule has 0 fully saturated rings.